The largest absolute Gasteiger partial charge is 0.338 e. The van der Waals surface area contributed by atoms with Crippen LogP contribution in [0.15, 0.2) is 58.2 Å². The molecule has 8 heteroatoms. The lowest BCUT2D eigenvalue weighted by Gasteiger charge is -2.06. The normalized spacial score (nSPS) is 11.0. The van der Waals surface area contributed by atoms with Gasteiger partial charge >= 0.3 is 0 Å². The lowest BCUT2D eigenvalue weighted by molar-refractivity contribution is 0.391. The van der Waals surface area contributed by atoms with Crippen molar-refractivity contribution in [3.05, 3.63) is 65.5 Å². The Hall–Kier alpha value is -3.00. The lowest BCUT2D eigenvalue weighted by Crippen LogP contribution is -2.00. The summed E-state index contributed by atoms with van der Waals surface area (Å²) in [7, 11) is 0. The fourth-order valence-electron chi connectivity index (χ4n) is 2.65. The van der Waals surface area contributed by atoms with E-state index in [0.717, 1.165) is 22.4 Å². The predicted octanol–water partition coefficient (Wildman–Crippen LogP) is 3.62. The zero-order valence-electron chi connectivity index (χ0n) is 14.3. The first-order chi connectivity index (χ1) is 12.7. The summed E-state index contributed by atoms with van der Waals surface area (Å²) in [6.07, 6.45) is 0. The molecular formula is C18H16N6OS. The monoisotopic (exact) mass is 364 g/mol. The van der Waals surface area contributed by atoms with Crippen LogP contribution in [0.1, 0.15) is 17.0 Å². The van der Waals surface area contributed by atoms with Crippen molar-refractivity contribution in [3.63, 3.8) is 0 Å². The van der Waals surface area contributed by atoms with Crippen LogP contribution in [0.3, 0.4) is 0 Å². The highest BCUT2D eigenvalue weighted by atomic mass is 32.2. The molecule has 0 saturated carbocycles. The quantitative estimate of drug-likeness (QED) is 0.500. The molecule has 0 atom stereocenters. The number of aromatic nitrogens is 6. The molecule has 0 spiro atoms. The number of hydrogen-bond donors (Lipinski definition) is 0. The second kappa shape index (κ2) is 7.09. The molecule has 0 N–H and O–H groups in total. The standard InChI is InChI=1S/C18H16N6OS/c1-12-8-13(2)10-15(9-12)24-18(20-22-23-24)26-11-16-19-17(21-25-16)14-6-4-3-5-7-14/h3-10H,11H2,1-2H3. The first-order valence-electron chi connectivity index (χ1n) is 8.07. The van der Waals surface area contributed by atoms with Gasteiger partial charge in [-0.25, -0.2) is 0 Å². The van der Waals surface area contributed by atoms with E-state index in [1.54, 1.807) is 4.68 Å². The second-order valence-corrected chi connectivity index (χ2v) is 6.83. The van der Waals surface area contributed by atoms with Gasteiger partial charge in [0.05, 0.1) is 11.4 Å². The molecule has 0 aliphatic heterocycles. The molecule has 0 radical (unpaired) electrons. The molecule has 26 heavy (non-hydrogen) atoms. The van der Waals surface area contributed by atoms with Crippen LogP contribution in [0, 0.1) is 13.8 Å². The average Bonchev–Trinajstić information content (AvgIpc) is 3.29. The molecule has 0 amide bonds. The summed E-state index contributed by atoms with van der Waals surface area (Å²) in [5, 5.41) is 16.7. The molecule has 130 valence electrons. The highest BCUT2D eigenvalue weighted by Gasteiger charge is 2.13. The Bertz CT molecular complexity index is 1010. The molecule has 0 fully saturated rings. The molecule has 4 rings (SSSR count). The van der Waals surface area contributed by atoms with Crippen molar-refractivity contribution in [2.24, 2.45) is 0 Å². The Morgan fingerprint density at radius 1 is 1.04 bits per heavy atom. The van der Waals surface area contributed by atoms with Gasteiger partial charge in [-0.3, -0.25) is 0 Å². The van der Waals surface area contributed by atoms with Gasteiger partial charge in [-0.1, -0.05) is 53.3 Å². The van der Waals surface area contributed by atoms with Gasteiger partial charge in [0, 0.05) is 5.56 Å². The summed E-state index contributed by atoms with van der Waals surface area (Å²) in [4.78, 5) is 4.43. The van der Waals surface area contributed by atoms with Crippen LogP contribution in [0.2, 0.25) is 0 Å². The fourth-order valence-corrected chi connectivity index (χ4v) is 3.38. The van der Waals surface area contributed by atoms with Crippen LogP contribution in [-0.4, -0.2) is 30.3 Å². The van der Waals surface area contributed by atoms with E-state index in [1.807, 2.05) is 42.5 Å². The highest BCUT2D eigenvalue weighted by molar-refractivity contribution is 7.98. The first kappa shape index (κ1) is 16.5. The molecular weight excluding hydrogens is 348 g/mol. The van der Waals surface area contributed by atoms with Crippen molar-refractivity contribution in [1.29, 1.82) is 0 Å². The van der Waals surface area contributed by atoms with Gasteiger partial charge in [-0.05, 0) is 47.5 Å². The lowest BCUT2D eigenvalue weighted by atomic mass is 10.1. The Morgan fingerprint density at radius 3 is 2.58 bits per heavy atom. The summed E-state index contributed by atoms with van der Waals surface area (Å²) < 4.78 is 7.06. The van der Waals surface area contributed by atoms with E-state index in [9.17, 15) is 0 Å². The van der Waals surface area contributed by atoms with Gasteiger partial charge in [0.15, 0.2) is 0 Å². The second-order valence-electron chi connectivity index (χ2n) is 5.89. The van der Waals surface area contributed by atoms with E-state index >= 15 is 0 Å². The third-order valence-corrected chi connectivity index (χ3v) is 4.62. The van der Waals surface area contributed by atoms with Crippen LogP contribution in [0.25, 0.3) is 17.1 Å². The Labute approximate surface area is 154 Å². The molecule has 0 aliphatic carbocycles. The van der Waals surface area contributed by atoms with Crippen molar-refractivity contribution in [3.8, 4) is 17.1 Å². The molecule has 2 aromatic carbocycles. The predicted molar refractivity (Wildman–Crippen MR) is 97.9 cm³/mol. The third-order valence-electron chi connectivity index (χ3n) is 3.72. The zero-order valence-corrected chi connectivity index (χ0v) is 15.1. The number of aryl methyl sites for hydroxylation is 2. The van der Waals surface area contributed by atoms with Crippen molar-refractivity contribution >= 4 is 11.8 Å². The van der Waals surface area contributed by atoms with Gasteiger partial charge in [-0.15, -0.1) is 5.10 Å². The van der Waals surface area contributed by atoms with E-state index < -0.39 is 0 Å². The summed E-state index contributed by atoms with van der Waals surface area (Å²) in [5.41, 5.74) is 4.18. The number of rotatable bonds is 5. The van der Waals surface area contributed by atoms with Crippen LogP contribution >= 0.6 is 11.8 Å². The van der Waals surface area contributed by atoms with Gasteiger partial charge < -0.3 is 4.52 Å². The highest BCUT2D eigenvalue weighted by Crippen LogP contribution is 2.24. The Morgan fingerprint density at radius 2 is 1.81 bits per heavy atom. The summed E-state index contributed by atoms with van der Waals surface area (Å²) in [5.74, 6) is 1.60. The molecule has 7 nitrogen and oxygen atoms in total. The number of tetrazole rings is 1. The number of benzene rings is 2. The molecule has 0 bridgehead atoms. The maximum Gasteiger partial charge on any atom is 0.237 e. The molecule has 0 saturated heterocycles. The van der Waals surface area contributed by atoms with Crippen LogP contribution in [0.4, 0.5) is 0 Å². The maximum atomic E-state index is 5.34. The smallest absolute Gasteiger partial charge is 0.237 e. The SMILES string of the molecule is Cc1cc(C)cc(-n2nnnc2SCc2nc(-c3ccccc3)no2)c1. The molecule has 0 unspecified atom stereocenters. The van der Waals surface area contributed by atoms with Crippen LogP contribution in [0.5, 0.6) is 0 Å². The fraction of sp³-hybridized carbons (Fsp3) is 0.167. The first-order valence-corrected chi connectivity index (χ1v) is 9.05. The molecule has 2 heterocycles. The van der Waals surface area contributed by atoms with E-state index in [0.29, 0.717) is 22.6 Å². The zero-order chi connectivity index (χ0) is 17.9. The average molecular weight is 364 g/mol. The minimum Gasteiger partial charge on any atom is -0.338 e. The minimum absolute atomic E-state index is 0.491. The molecule has 2 aromatic heterocycles. The maximum absolute atomic E-state index is 5.34. The Balaban J connectivity index is 1.51. The van der Waals surface area contributed by atoms with Crippen molar-refractivity contribution in [2.45, 2.75) is 24.8 Å². The van der Waals surface area contributed by atoms with E-state index in [-0.39, 0.29) is 0 Å². The number of nitrogens with zero attached hydrogens (tertiary/aromatic N) is 6. The summed E-state index contributed by atoms with van der Waals surface area (Å²) in [6, 6.07) is 15.9. The molecule has 0 aliphatic rings. The van der Waals surface area contributed by atoms with E-state index in [4.69, 9.17) is 4.52 Å². The molecule has 4 aromatic rings. The van der Waals surface area contributed by atoms with E-state index in [1.165, 1.54) is 11.8 Å². The van der Waals surface area contributed by atoms with Crippen molar-refractivity contribution in [1.82, 2.24) is 30.3 Å². The van der Waals surface area contributed by atoms with Crippen LogP contribution < -0.4 is 0 Å². The van der Waals surface area contributed by atoms with Gasteiger partial charge in [0.2, 0.25) is 16.9 Å². The number of thioether (sulfide) groups is 1. The van der Waals surface area contributed by atoms with Crippen molar-refractivity contribution < 1.29 is 4.52 Å². The van der Waals surface area contributed by atoms with Gasteiger partial charge in [0.25, 0.3) is 0 Å². The Kier molecular flexibility index (Phi) is 4.49. The summed E-state index contributed by atoms with van der Waals surface area (Å²) >= 11 is 1.45. The minimum atomic E-state index is 0.491. The van der Waals surface area contributed by atoms with Crippen molar-refractivity contribution in [2.75, 3.05) is 0 Å². The topological polar surface area (TPSA) is 82.5 Å². The summed E-state index contributed by atoms with van der Waals surface area (Å²) in [6.45, 7) is 4.11. The number of hydrogen-bond acceptors (Lipinski definition) is 7. The van der Waals surface area contributed by atoms with E-state index in [2.05, 4.69) is 45.6 Å². The van der Waals surface area contributed by atoms with Crippen LogP contribution in [-0.2, 0) is 5.75 Å². The van der Waals surface area contributed by atoms with Gasteiger partial charge in [0.1, 0.15) is 0 Å². The third kappa shape index (κ3) is 3.50. The van der Waals surface area contributed by atoms with Gasteiger partial charge in [-0.2, -0.15) is 9.67 Å².